The van der Waals surface area contributed by atoms with Gasteiger partial charge in [0.25, 0.3) is 0 Å². The molecule has 0 saturated carbocycles. The van der Waals surface area contributed by atoms with E-state index in [4.69, 9.17) is 4.74 Å². The van der Waals surface area contributed by atoms with Gasteiger partial charge in [0.2, 0.25) is 5.91 Å². The van der Waals surface area contributed by atoms with Crippen LogP contribution in [0.4, 0.5) is 0 Å². The zero-order valence-electron chi connectivity index (χ0n) is 36.7. The topological polar surface area (TPSA) is 95.9 Å². The third kappa shape index (κ3) is 41.8. The number of amides is 1. The maximum absolute atomic E-state index is 12.4. The van der Waals surface area contributed by atoms with Crippen molar-refractivity contribution in [2.45, 2.75) is 264 Å². The minimum atomic E-state index is -0.676. The first-order valence-corrected chi connectivity index (χ1v) is 24.1. The van der Waals surface area contributed by atoms with Crippen molar-refractivity contribution in [2.75, 3.05) is 13.2 Å². The van der Waals surface area contributed by atoms with Gasteiger partial charge in [-0.25, -0.2) is 0 Å². The highest BCUT2D eigenvalue weighted by atomic mass is 16.5. The number of aliphatic hydroxyl groups excluding tert-OH is 2. The molecular weight excluding hydrogens is 683 g/mol. The Kier molecular flexibility index (Phi) is 43.7. The second kappa shape index (κ2) is 45.0. The van der Waals surface area contributed by atoms with Gasteiger partial charge in [-0.2, -0.15) is 0 Å². The highest BCUT2D eigenvalue weighted by Gasteiger charge is 2.20. The van der Waals surface area contributed by atoms with E-state index >= 15 is 0 Å². The smallest absolute Gasteiger partial charge is 0.305 e. The average molecular weight is 776 g/mol. The molecule has 0 fully saturated rings. The molecule has 6 nitrogen and oxygen atoms in total. The van der Waals surface area contributed by atoms with Crippen molar-refractivity contribution in [1.29, 1.82) is 0 Å². The Hall–Kier alpha value is -1.66. The van der Waals surface area contributed by atoms with Crippen LogP contribution in [0.1, 0.15) is 251 Å². The summed E-state index contributed by atoms with van der Waals surface area (Å²) in [6.07, 6.45) is 51.3. The van der Waals surface area contributed by atoms with Gasteiger partial charge in [0.1, 0.15) is 0 Å². The van der Waals surface area contributed by atoms with Crippen LogP contribution in [0.3, 0.4) is 0 Å². The number of aliphatic hydroxyl groups is 2. The highest BCUT2D eigenvalue weighted by molar-refractivity contribution is 5.76. The van der Waals surface area contributed by atoms with Gasteiger partial charge >= 0.3 is 5.97 Å². The second-order valence-electron chi connectivity index (χ2n) is 16.4. The molecule has 2 unspecified atom stereocenters. The zero-order valence-corrected chi connectivity index (χ0v) is 36.7. The number of rotatable bonds is 44. The molecule has 0 saturated heterocycles. The number of carbonyl (C=O) groups excluding carboxylic acids is 2. The van der Waals surface area contributed by atoms with E-state index in [2.05, 4.69) is 43.5 Å². The molecule has 1 amide bonds. The summed E-state index contributed by atoms with van der Waals surface area (Å²) in [7, 11) is 0. The summed E-state index contributed by atoms with van der Waals surface area (Å²) in [6.45, 7) is 4.85. The van der Waals surface area contributed by atoms with Crippen molar-refractivity contribution in [2.24, 2.45) is 0 Å². The van der Waals surface area contributed by atoms with E-state index < -0.39 is 12.1 Å². The fourth-order valence-electron chi connectivity index (χ4n) is 7.24. The van der Waals surface area contributed by atoms with Crippen molar-refractivity contribution < 1.29 is 24.5 Å². The summed E-state index contributed by atoms with van der Waals surface area (Å²) < 4.78 is 5.44. The SMILES string of the molecule is CCCC/C=C\C/C=C\CCCCCCCC(=O)OCCCCCCCCCCCCCC(=O)NC(CO)C(O)CCCCCCCCCCCCCCC. The maximum atomic E-state index is 12.4. The molecule has 0 heterocycles. The van der Waals surface area contributed by atoms with E-state index in [1.165, 1.54) is 148 Å². The number of carbonyl (C=O) groups is 2. The molecule has 0 aromatic carbocycles. The van der Waals surface area contributed by atoms with E-state index in [1.807, 2.05) is 0 Å². The average Bonchev–Trinajstić information content (AvgIpc) is 3.18. The van der Waals surface area contributed by atoms with Gasteiger partial charge in [0, 0.05) is 12.8 Å². The van der Waals surface area contributed by atoms with Gasteiger partial charge in [0.05, 0.1) is 25.4 Å². The van der Waals surface area contributed by atoms with Crippen LogP contribution in [0.5, 0.6) is 0 Å². The predicted molar refractivity (Wildman–Crippen MR) is 236 cm³/mol. The summed E-state index contributed by atoms with van der Waals surface area (Å²) in [6, 6.07) is -0.555. The lowest BCUT2D eigenvalue weighted by Gasteiger charge is -2.22. The lowest BCUT2D eigenvalue weighted by Crippen LogP contribution is -2.45. The molecule has 3 N–H and O–H groups in total. The van der Waals surface area contributed by atoms with Crippen LogP contribution in [-0.4, -0.2) is 47.4 Å². The van der Waals surface area contributed by atoms with E-state index in [0.29, 0.717) is 25.9 Å². The second-order valence-corrected chi connectivity index (χ2v) is 16.4. The Bertz CT molecular complexity index is 858. The standard InChI is InChI=1S/C49H93NO5/c1-3-5-7-9-11-13-15-17-19-23-27-31-35-39-43-49(54)55-44-40-36-32-28-24-20-22-26-30-34-38-42-48(53)50-46(45-51)47(52)41-37-33-29-25-21-18-16-14-12-10-8-6-4-2/h9,11,15,17,46-47,51-52H,3-8,10,12-14,16,18-45H2,1-2H3,(H,50,53)/b11-9-,17-15-. The zero-order chi connectivity index (χ0) is 40.1. The number of nitrogens with one attached hydrogen (secondary N) is 1. The molecule has 55 heavy (non-hydrogen) atoms. The number of esters is 1. The van der Waals surface area contributed by atoms with Crippen molar-refractivity contribution in [3.63, 3.8) is 0 Å². The Morgan fingerprint density at radius 2 is 0.927 bits per heavy atom. The molecular formula is C49H93NO5. The molecule has 0 aromatic heterocycles. The van der Waals surface area contributed by atoms with Crippen molar-refractivity contribution in [3.05, 3.63) is 24.3 Å². The van der Waals surface area contributed by atoms with Crippen molar-refractivity contribution >= 4 is 11.9 Å². The summed E-state index contributed by atoms with van der Waals surface area (Å²) in [5, 5.41) is 23.1. The van der Waals surface area contributed by atoms with E-state index in [0.717, 1.165) is 70.6 Å². The fraction of sp³-hybridized carbons (Fsp3) is 0.878. The first-order valence-electron chi connectivity index (χ1n) is 24.1. The quantitative estimate of drug-likeness (QED) is 0.0325. The van der Waals surface area contributed by atoms with Crippen LogP contribution >= 0.6 is 0 Å². The van der Waals surface area contributed by atoms with Gasteiger partial charge in [-0.3, -0.25) is 9.59 Å². The summed E-state index contributed by atoms with van der Waals surface area (Å²) >= 11 is 0. The molecule has 0 aliphatic heterocycles. The highest BCUT2D eigenvalue weighted by Crippen LogP contribution is 2.16. The summed E-state index contributed by atoms with van der Waals surface area (Å²) in [5.41, 5.74) is 0. The Labute approximate surface area is 341 Å². The van der Waals surface area contributed by atoms with Crippen molar-refractivity contribution in [3.8, 4) is 0 Å². The normalized spacial score (nSPS) is 12.9. The maximum Gasteiger partial charge on any atom is 0.305 e. The first kappa shape index (κ1) is 53.3. The van der Waals surface area contributed by atoms with Gasteiger partial charge in [-0.15, -0.1) is 0 Å². The first-order chi connectivity index (χ1) is 27.0. The van der Waals surface area contributed by atoms with Crippen LogP contribution in [-0.2, 0) is 14.3 Å². The van der Waals surface area contributed by atoms with Crippen LogP contribution in [0.15, 0.2) is 24.3 Å². The van der Waals surface area contributed by atoms with Gasteiger partial charge < -0.3 is 20.3 Å². The minimum absolute atomic E-state index is 0.0286. The van der Waals surface area contributed by atoms with Crippen molar-refractivity contribution in [1.82, 2.24) is 5.32 Å². The predicted octanol–water partition coefficient (Wildman–Crippen LogP) is 14.0. The van der Waals surface area contributed by atoms with Crippen LogP contribution in [0.2, 0.25) is 0 Å². The number of hydrogen-bond acceptors (Lipinski definition) is 5. The number of allylic oxidation sites excluding steroid dienone is 4. The lowest BCUT2D eigenvalue weighted by atomic mass is 10.0. The van der Waals surface area contributed by atoms with E-state index in [1.54, 1.807) is 0 Å². The number of ether oxygens (including phenoxy) is 1. The van der Waals surface area contributed by atoms with Gasteiger partial charge in [0.15, 0.2) is 0 Å². The molecule has 6 heteroatoms. The van der Waals surface area contributed by atoms with Crippen LogP contribution in [0, 0.1) is 0 Å². The number of unbranched alkanes of at least 4 members (excludes halogenated alkanes) is 29. The molecule has 0 rings (SSSR count). The molecule has 0 radical (unpaired) electrons. The number of hydrogen-bond donors (Lipinski definition) is 3. The molecule has 0 aromatic rings. The largest absolute Gasteiger partial charge is 0.466 e. The Morgan fingerprint density at radius 3 is 1.44 bits per heavy atom. The summed E-state index contributed by atoms with van der Waals surface area (Å²) in [5.74, 6) is -0.0841. The van der Waals surface area contributed by atoms with Gasteiger partial charge in [-0.1, -0.05) is 212 Å². The molecule has 2 atom stereocenters. The Morgan fingerprint density at radius 1 is 0.509 bits per heavy atom. The molecule has 0 aliphatic rings. The third-order valence-electron chi connectivity index (χ3n) is 11.0. The summed E-state index contributed by atoms with van der Waals surface area (Å²) in [4.78, 5) is 24.4. The fourth-order valence-corrected chi connectivity index (χ4v) is 7.24. The molecule has 0 bridgehead atoms. The minimum Gasteiger partial charge on any atom is -0.466 e. The third-order valence-corrected chi connectivity index (χ3v) is 11.0. The van der Waals surface area contributed by atoms with E-state index in [-0.39, 0.29) is 18.5 Å². The van der Waals surface area contributed by atoms with Crippen LogP contribution < -0.4 is 5.32 Å². The van der Waals surface area contributed by atoms with E-state index in [9.17, 15) is 19.8 Å². The molecule has 324 valence electrons. The van der Waals surface area contributed by atoms with Gasteiger partial charge in [-0.05, 0) is 51.4 Å². The molecule has 0 spiro atoms. The lowest BCUT2D eigenvalue weighted by molar-refractivity contribution is -0.143. The molecule has 0 aliphatic carbocycles. The van der Waals surface area contributed by atoms with Crippen LogP contribution in [0.25, 0.3) is 0 Å². The Balaban J connectivity index is 3.49. The monoisotopic (exact) mass is 776 g/mol.